The molecule has 0 radical (unpaired) electrons. The average Bonchev–Trinajstić information content (AvgIpc) is 3.60. The SMILES string of the molecule is COc1cc(C)[nH]c(=O)c1CNC(=O)c1cc2cc(-c3nccn3C)cn2c(C(C)N2CCN(C(F)C(F)F)CC2)c1C. The number of halogens is 3. The Morgan fingerprint density at radius 2 is 1.81 bits per heavy atom. The van der Waals surface area contributed by atoms with Gasteiger partial charge >= 0.3 is 0 Å². The number of amides is 1. The number of hydrogen-bond acceptors (Lipinski definition) is 6. The Morgan fingerprint density at radius 1 is 1.12 bits per heavy atom. The number of carbonyl (C=O) groups is 1. The van der Waals surface area contributed by atoms with Gasteiger partial charge in [0.2, 0.25) is 6.30 Å². The van der Waals surface area contributed by atoms with E-state index in [2.05, 4.69) is 20.2 Å². The molecular formula is C30H36F3N7O3. The van der Waals surface area contributed by atoms with Gasteiger partial charge in [0, 0.05) is 85.9 Å². The highest BCUT2D eigenvalue weighted by Gasteiger charge is 2.33. The number of piperazine rings is 1. The number of H-pyrrole nitrogens is 1. The first-order valence-electron chi connectivity index (χ1n) is 14.1. The van der Waals surface area contributed by atoms with Gasteiger partial charge in [-0.15, -0.1) is 0 Å². The molecule has 0 aliphatic carbocycles. The Kier molecular flexibility index (Phi) is 8.65. The number of alkyl halides is 3. The van der Waals surface area contributed by atoms with Gasteiger partial charge in [0.25, 0.3) is 17.9 Å². The van der Waals surface area contributed by atoms with Crippen LogP contribution >= 0.6 is 0 Å². The third-order valence-electron chi connectivity index (χ3n) is 8.24. The number of hydrogen-bond donors (Lipinski definition) is 2. The number of methoxy groups -OCH3 is 1. The molecule has 1 fully saturated rings. The van der Waals surface area contributed by atoms with Crippen LogP contribution in [0.5, 0.6) is 5.75 Å². The molecule has 0 bridgehead atoms. The van der Waals surface area contributed by atoms with Crippen LogP contribution in [0.3, 0.4) is 0 Å². The van der Waals surface area contributed by atoms with E-state index >= 15 is 0 Å². The highest BCUT2D eigenvalue weighted by molar-refractivity contribution is 5.97. The van der Waals surface area contributed by atoms with Crippen molar-refractivity contribution in [3.63, 3.8) is 0 Å². The number of nitrogens with one attached hydrogen (secondary N) is 2. The smallest absolute Gasteiger partial charge is 0.282 e. The summed E-state index contributed by atoms with van der Waals surface area (Å²) in [5, 5.41) is 2.88. The van der Waals surface area contributed by atoms with E-state index in [0.29, 0.717) is 35.7 Å². The van der Waals surface area contributed by atoms with Gasteiger partial charge in [-0.1, -0.05) is 0 Å². The van der Waals surface area contributed by atoms with Crippen LogP contribution < -0.4 is 15.6 Å². The van der Waals surface area contributed by atoms with E-state index in [1.54, 1.807) is 25.3 Å². The molecule has 5 heterocycles. The van der Waals surface area contributed by atoms with E-state index in [9.17, 15) is 22.8 Å². The Balaban J connectivity index is 1.51. The molecule has 2 N–H and O–H groups in total. The van der Waals surface area contributed by atoms with E-state index in [4.69, 9.17) is 4.74 Å². The van der Waals surface area contributed by atoms with Crippen LogP contribution in [0.15, 0.2) is 41.6 Å². The third kappa shape index (κ3) is 5.91. The Bertz CT molecular complexity index is 1690. The second-order valence-electron chi connectivity index (χ2n) is 10.9. The van der Waals surface area contributed by atoms with Gasteiger partial charge in [0.05, 0.1) is 19.2 Å². The zero-order valence-electron chi connectivity index (χ0n) is 24.8. The molecule has 5 rings (SSSR count). The van der Waals surface area contributed by atoms with E-state index in [1.807, 2.05) is 48.3 Å². The molecule has 1 amide bonds. The number of aromatic amines is 1. The summed E-state index contributed by atoms with van der Waals surface area (Å²) in [6.07, 6.45) is 0.190. The molecule has 1 saturated heterocycles. The number of pyridine rings is 2. The predicted octanol–water partition coefficient (Wildman–Crippen LogP) is 3.82. The lowest BCUT2D eigenvalue weighted by Crippen LogP contribution is -2.51. The van der Waals surface area contributed by atoms with Crippen LogP contribution in [0.2, 0.25) is 0 Å². The molecule has 2 unspecified atom stereocenters. The topological polar surface area (TPSA) is 99.9 Å². The van der Waals surface area contributed by atoms with Gasteiger partial charge in [-0.2, -0.15) is 0 Å². The number of rotatable bonds is 9. The summed E-state index contributed by atoms with van der Waals surface area (Å²) in [6.45, 7) is 6.66. The van der Waals surface area contributed by atoms with Gasteiger partial charge in [-0.05, 0) is 44.5 Å². The first kappa shape index (κ1) is 30.4. The van der Waals surface area contributed by atoms with Gasteiger partial charge in [-0.25, -0.2) is 18.2 Å². The fraction of sp³-hybridized carbons (Fsp3) is 0.433. The maximum atomic E-state index is 14.0. The Labute approximate surface area is 247 Å². The molecule has 2 atom stereocenters. The van der Waals surface area contributed by atoms with E-state index in [1.165, 1.54) is 7.11 Å². The normalized spacial score (nSPS) is 16.1. The van der Waals surface area contributed by atoms with Crippen LogP contribution in [0.4, 0.5) is 13.2 Å². The van der Waals surface area contributed by atoms with Crippen LogP contribution in [0, 0.1) is 13.8 Å². The molecule has 4 aromatic heterocycles. The number of fused-ring (bicyclic) bond motifs is 1. The number of carbonyl (C=O) groups excluding carboxylic acids is 1. The number of ether oxygens (including phenoxy) is 1. The highest BCUT2D eigenvalue weighted by Crippen LogP contribution is 2.32. The van der Waals surface area contributed by atoms with Crippen LogP contribution in [0.1, 0.15) is 45.8 Å². The molecule has 1 aliphatic heterocycles. The summed E-state index contributed by atoms with van der Waals surface area (Å²) in [4.78, 5) is 36.7. The van der Waals surface area contributed by atoms with Gasteiger partial charge < -0.3 is 24.0 Å². The summed E-state index contributed by atoms with van der Waals surface area (Å²) >= 11 is 0. The summed E-state index contributed by atoms with van der Waals surface area (Å²) < 4.78 is 49.3. The Morgan fingerprint density at radius 3 is 2.44 bits per heavy atom. The molecular weight excluding hydrogens is 563 g/mol. The lowest BCUT2D eigenvalue weighted by molar-refractivity contribution is -0.0688. The second-order valence-corrected chi connectivity index (χ2v) is 10.9. The number of aryl methyl sites for hydroxylation is 2. The van der Waals surface area contributed by atoms with E-state index < -0.39 is 12.7 Å². The van der Waals surface area contributed by atoms with Gasteiger partial charge in [-0.3, -0.25) is 19.4 Å². The first-order valence-corrected chi connectivity index (χ1v) is 14.1. The van der Waals surface area contributed by atoms with Crippen LogP contribution in [0.25, 0.3) is 16.9 Å². The lowest BCUT2D eigenvalue weighted by atomic mass is 10.0. The van der Waals surface area contributed by atoms with E-state index in [-0.39, 0.29) is 37.1 Å². The van der Waals surface area contributed by atoms with Crippen LogP contribution in [-0.2, 0) is 13.6 Å². The molecule has 13 heteroatoms. The predicted molar refractivity (Wildman–Crippen MR) is 156 cm³/mol. The lowest BCUT2D eigenvalue weighted by Gasteiger charge is -2.39. The summed E-state index contributed by atoms with van der Waals surface area (Å²) in [7, 11) is 3.37. The fourth-order valence-corrected chi connectivity index (χ4v) is 5.89. The van der Waals surface area contributed by atoms with Crippen molar-refractivity contribution in [3.05, 3.63) is 75.2 Å². The quantitative estimate of drug-likeness (QED) is 0.284. The zero-order valence-corrected chi connectivity index (χ0v) is 24.8. The minimum Gasteiger partial charge on any atom is -0.496 e. The van der Waals surface area contributed by atoms with Crippen molar-refractivity contribution in [2.24, 2.45) is 7.05 Å². The van der Waals surface area contributed by atoms with Crippen molar-refractivity contribution in [2.75, 3.05) is 33.3 Å². The second kappa shape index (κ2) is 12.3. The molecule has 0 saturated carbocycles. The fourth-order valence-electron chi connectivity index (χ4n) is 5.89. The van der Waals surface area contributed by atoms with Crippen molar-refractivity contribution in [1.82, 2.24) is 34.1 Å². The maximum Gasteiger partial charge on any atom is 0.282 e. The number of aromatic nitrogens is 4. The van der Waals surface area contributed by atoms with Crippen molar-refractivity contribution >= 4 is 11.4 Å². The summed E-state index contributed by atoms with van der Waals surface area (Å²) in [5.41, 5.74) is 4.23. The van der Waals surface area contributed by atoms with Crippen molar-refractivity contribution in [1.29, 1.82) is 0 Å². The van der Waals surface area contributed by atoms with Gasteiger partial charge in [0.15, 0.2) is 0 Å². The van der Waals surface area contributed by atoms with Crippen LogP contribution in [-0.4, -0.2) is 80.7 Å². The summed E-state index contributed by atoms with van der Waals surface area (Å²) in [5.74, 6) is 0.777. The Hall–Kier alpha value is -4.10. The van der Waals surface area contributed by atoms with Gasteiger partial charge in [0.1, 0.15) is 11.6 Å². The molecule has 10 nitrogen and oxygen atoms in total. The van der Waals surface area contributed by atoms with Crippen molar-refractivity contribution < 1.29 is 22.7 Å². The number of imidazole rings is 1. The number of nitrogens with zero attached hydrogens (tertiary/aromatic N) is 5. The summed E-state index contributed by atoms with van der Waals surface area (Å²) in [6, 6.07) is 5.23. The van der Waals surface area contributed by atoms with Crippen molar-refractivity contribution in [2.45, 2.75) is 46.1 Å². The maximum absolute atomic E-state index is 14.0. The molecule has 1 aliphatic rings. The molecule has 43 heavy (non-hydrogen) atoms. The average molecular weight is 600 g/mol. The zero-order chi connectivity index (χ0) is 31.0. The van der Waals surface area contributed by atoms with E-state index in [0.717, 1.165) is 33.1 Å². The molecule has 230 valence electrons. The monoisotopic (exact) mass is 599 g/mol. The first-order chi connectivity index (χ1) is 20.5. The minimum absolute atomic E-state index is 0.0385. The highest BCUT2D eigenvalue weighted by atomic mass is 19.3. The van der Waals surface area contributed by atoms with Crippen molar-refractivity contribution in [3.8, 4) is 17.1 Å². The molecule has 4 aromatic rings. The standard InChI is InChI=1S/C30H36F3N7O3/c1-17-12-24(43-5)23(30(42)36-17)15-35-29(41)22-14-21-13-20(28-34-6-7-37(28)4)16-40(21)25(18(22)2)19(3)38-8-10-39(11-9-38)27(33)26(31)32/h6-7,12-14,16,19,26-27H,8-11,15H2,1-5H3,(H,35,41)(H,36,42). The molecule has 0 aromatic carbocycles. The third-order valence-corrected chi connectivity index (χ3v) is 8.24. The minimum atomic E-state index is -3.05. The largest absolute Gasteiger partial charge is 0.496 e. The molecule has 0 spiro atoms.